The molecule has 0 radical (unpaired) electrons. The van der Waals surface area contributed by atoms with Gasteiger partial charge in [0.2, 0.25) is 0 Å². The van der Waals surface area contributed by atoms with Gasteiger partial charge in [0, 0.05) is 12.4 Å². The molecule has 0 atom stereocenters. The predicted molar refractivity (Wildman–Crippen MR) is 70.8 cm³/mol. The van der Waals surface area contributed by atoms with E-state index in [2.05, 4.69) is 4.98 Å². The third kappa shape index (κ3) is 3.01. The largest absolute Gasteiger partial charge is 0.495 e. The lowest BCUT2D eigenvalue weighted by atomic mass is 10.1. The summed E-state index contributed by atoms with van der Waals surface area (Å²) in [5, 5.41) is 0. The van der Waals surface area contributed by atoms with Crippen molar-refractivity contribution in [3.05, 3.63) is 53.9 Å². The standard InChI is InChI=1S/C14H14N2O3/c1-18-12-4-2-3-11(13(12)15)14(17)19-9-10-5-7-16-8-6-10/h2-8H,9,15H2,1H3. The summed E-state index contributed by atoms with van der Waals surface area (Å²) in [6.45, 7) is 0.179. The lowest BCUT2D eigenvalue weighted by Crippen LogP contribution is -2.09. The molecular formula is C14H14N2O3. The van der Waals surface area contributed by atoms with Crippen LogP contribution in [-0.2, 0) is 11.3 Å². The van der Waals surface area contributed by atoms with Crippen LogP contribution in [0.4, 0.5) is 5.69 Å². The molecule has 0 aliphatic rings. The first-order valence-electron chi connectivity index (χ1n) is 5.71. The van der Waals surface area contributed by atoms with Crippen LogP contribution >= 0.6 is 0 Å². The number of pyridine rings is 1. The highest BCUT2D eigenvalue weighted by molar-refractivity contribution is 5.96. The fraction of sp³-hybridized carbons (Fsp3) is 0.143. The maximum atomic E-state index is 11.9. The van der Waals surface area contributed by atoms with Gasteiger partial charge in [-0.05, 0) is 29.8 Å². The number of benzene rings is 1. The van der Waals surface area contributed by atoms with Gasteiger partial charge < -0.3 is 15.2 Å². The van der Waals surface area contributed by atoms with Crippen LogP contribution in [0.25, 0.3) is 0 Å². The second-order valence-electron chi connectivity index (χ2n) is 3.85. The first-order chi connectivity index (χ1) is 9.22. The number of ether oxygens (including phenoxy) is 2. The molecule has 0 saturated heterocycles. The lowest BCUT2D eigenvalue weighted by Gasteiger charge is -2.09. The van der Waals surface area contributed by atoms with Gasteiger partial charge in [0.25, 0.3) is 0 Å². The van der Waals surface area contributed by atoms with E-state index in [4.69, 9.17) is 15.2 Å². The van der Waals surface area contributed by atoms with Crippen LogP contribution in [0.3, 0.4) is 0 Å². The summed E-state index contributed by atoms with van der Waals surface area (Å²) in [6.07, 6.45) is 3.28. The van der Waals surface area contributed by atoms with Gasteiger partial charge in [-0.2, -0.15) is 0 Å². The summed E-state index contributed by atoms with van der Waals surface area (Å²) in [6, 6.07) is 8.55. The number of hydrogen-bond acceptors (Lipinski definition) is 5. The molecule has 2 rings (SSSR count). The second kappa shape index (κ2) is 5.86. The van der Waals surface area contributed by atoms with Crippen LogP contribution in [0.1, 0.15) is 15.9 Å². The molecule has 2 aromatic rings. The normalized spacial score (nSPS) is 9.95. The number of rotatable bonds is 4. The van der Waals surface area contributed by atoms with E-state index in [9.17, 15) is 4.79 Å². The smallest absolute Gasteiger partial charge is 0.340 e. The number of hydrogen-bond donors (Lipinski definition) is 1. The van der Waals surface area contributed by atoms with Crippen molar-refractivity contribution in [3.8, 4) is 5.75 Å². The lowest BCUT2D eigenvalue weighted by molar-refractivity contribution is 0.0473. The molecule has 19 heavy (non-hydrogen) atoms. The van der Waals surface area contributed by atoms with E-state index >= 15 is 0 Å². The molecule has 0 aliphatic carbocycles. The zero-order chi connectivity index (χ0) is 13.7. The number of nitrogens with two attached hydrogens (primary N) is 1. The van der Waals surface area contributed by atoms with Gasteiger partial charge >= 0.3 is 5.97 Å². The molecule has 98 valence electrons. The Bertz CT molecular complexity index is 570. The molecule has 5 nitrogen and oxygen atoms in total. The number of para-hydroxylation sites is 1. The number of carbonyl (C=O) groups excluding carboxylic acids is 1. The summed E-state index contributed by atoms with van der Waals surface area (Å²) in [4.78, 5) is 15.8. The summed E-state index contributed by atoms with van der Waals surface area (Å²) in [7, 11) is 1.50. The van der Waals surface area contributed by atoms with Crippen LogP contribution in [0, 0.1) is 0 Å². The Morgan fingerprint density at radius 2 is 2.00 bits per heavy atom. The van der Waals surface area contributed by atoms with Crippen LogP contribution in [0.15, 0.2) is 42.7 Å². The second-order valence-corrected chi connectivity index (χ2v) is 3.85. The van der Waals surface area contributed by atoms with Crippen molar-refractivity contribution in [1.29, 1.82) is 0 Å². The summed E-state index contributed by atoms with van der Waals surface area (Å²) < 4.78 is 10.2. The van der Waals surface area contributed by atoms with Crippen molar-refractivity contribution in [2.75, 3.05) is 12.8 Å². The van der Waals surface area contributed by atoms with Crippen molar-refractivity contribution in [3.63, 3.8) is 0 Å². The Balaban J connectivity index is 2.08. The fourth-order valence-electron chi connectivity index (χ4n) is 1.61. The molecule has 0 aliphatic heterocycles. The summed E-state index contributed by atoms with van der Waals surface area (Å²) >= 11 is 0. The van der Waals surface area contributed by atoms with Gasteiger partial charge in [-0.15, -0.1) is 0 Å². The summed E-state index contributed by atoms with van der Waals surface area (Å²) in [5.41, 5.74) is 7.28. The van der Waals surface area contributed by atoms with E-state index in [0.29, 0.717) is 11.3 Å². The monoisotopic (exact) mass is 258 g/mol. The molecule has 0 spiro atoms. The van der Waals surface area contributed by atoms with Gasteiger partial charge in [-0.3, -0.25) is 4.98 Å². The van der Waals surface area contributed by atoms with Gasteiger partial charge in [0.05, 0.1) is 18.4 Å². The third-order valence-corrected chi connectivity index (χ3v) is 2.63. The number of methoxy groups -OCH3 is 1. The Kier molecular flexibility index (Phi) is 3.97. The number of nitrogens with zero attached hydrogens (tertiary/aromatic N) is 1. The van der Waals surface area contributed by atoms with Gasteiger partial charge in [-0.25, -0.2) is 4.79 Å². The number of anilines is 1. The van der Waals surface area contributed by atoms with E-state index in [-0.39, 0.29) is 12.3 Å². The van der Waals surface area contributed by atoms with Gasteiger partial charge in [-0.1, -0.05) is 6.07 Å². The van der Waals surface area contributed by atoms with Crippen molar-refractivity contribution in [2.45, 2.75) is 6.61 Å². The fourth-order valence-corrected chi connectivity index (χ4v) is 1.61. The van der Waals surface area contributed by atoms with Crippen LogP contribution < -0.4 is 10.5 Å². The molecular weight excluding hydrogens is 244 g/mol. The molecule has 2 N–H and O–H groups in total. The van der Waals surface area contributed by atoms with Crippen molar-refractivity contribution in [2.24, 2.45) is 0 Å². The molecule has 0 saturated carbocycles. The minimum Gasteiger partial charge on any atom is -0.495 e. The SMILES string of the molecule is COc1cccc(C(=O)OCc2ccncc2)c1N. The maximum Gasteiger partial charge on any atom is 0.340 e. The van der Waals surface area contributed by atoms with Crippen molar-refractivity contribution in [1.82, 2.24) is 4.98 Å². The maximum absolute atomic E-state index is 11.9. The zero-order valence-corrected chi connectivity index (χ0v) is 10.5. The molecule has 0 bridgehead atoms. The Hall–Kier alpha value is -2.56. The molecule has 1 aromatic carbocycles. The van der Waals surface area contributed by atoms with E-state index in [1.807, 2.05) is 0 Å². The number of esters is 1. The van der Waals surface area contributed by atoms with E-state index in [1.165, 1.54) is 7.11 Å². The highest BCUT2D eigenvalue weighted by Crippen LogP contribution is 2.25. The average Bonchev–Trinajstić information content (AvgIpc) is 2.46. The first kappa shape index (κ1) is 12.9. The van der Waals surface area contributed by atoms with Gasteiger partial charge in [0.15, 0.2) is 0 Å². The van der Waals surface area contributed by atoms with Crippen LogP contribution in [0.5, 0.6) is 5.75 Å². The minimum absolute atomic E-state index is 0.179. The highest BCUT2D eigenvalue weighted by atomic mass is 16.5. The van der Waals surface area contributed by atoms with Crippen LogP contribution in [0.2, 0.25) is 0 Å². The first-order valence-corrected chi connectivity index (χ1v) is 5.71. The Morgan fingerprint density at radius 1 is 1.26 bits per heavy atom. The minimum atomic E-state index is -0.479. The average molecular weight is 258 g/mol. The molecule has 0 unspecified atom stereocenters. The molecule has 0 amide bonds. The van der Waals surface area contributed by atoms with Crippen LogP contribution in [-0.4, -0.2) is 18.1 Å². The Morgan fingerprint density at radius 3 is 2.68 bits per heavy atom. The molecule has 5 heteroatoms. The van der Waals surface area contributed by atoms with Crippen molar-refractivity contribution >= 4 is 11.7 Å². The van der Waals surface area contributed by atoms with E-state index in [1.54, 1.807) is 42.7 Å². The van der Waals surface area contributed by atoms with Gasteiger partial charge in [0.1, 0.15) is 12.4 Å². The predicted octanol–water partition coefficient (Wildman–Crippen LogP) is 2.03. The topological polar surface area (TPSA) is 74.4 Å². The molecule has 1 heterocycles. The zero-order valence-electron chi connectivity index (χ0n) is 10.5. The number of nitrogen functional groups attached to an aromatic ring is 1. The Labute approximate surface area is 111 Å². The highest BCUT2D eigenvalue weighted by Gasteiger charge is 2.14. The quantitative estimate of drug-likeness (QED) is 0.671. The third-order valence-electron chi connectivity index (χ3n) is 2.63. The number of carbonyl (C=O) groups is 1. The molecule has 1 aromatic heterocycles. The van der Waals surface area contributed by atoms with E-state index in [0.717, 1.165) is 5.56 Å². The summed E-state index contributed by atoms with van der Waals surface area (Å²) in [5.74, 6) is -0.0217. The van der Waals surface area contributed by atoms with E-state index < -0.39 is 5.97 Å². The number of aromatic nitrogens is 1. The molecule has 0 fully saturated rings. The van der Waals surface area contributed by atoms with Crippen molar-refractivity contribution < 1.29 is 14.3 Å².